The zero-order valence-corrected chi connectivity index (χ0v) is 44.2. The molecule has 12 nitrogen and oxygen atoms in total. The van der Waals surface area contributed by atoms with E-state index in [2.05, 4.69) is 54.6 Å². The number of halogens is 3. The van der Waals surface area contributed by atoms with Crippen LogP contribution in [0.15, 0.2) is 176 Å². The highest BCUT2D eigenvalue weighted by molar-refractivity contribution is 6.14. The Morgan fingerprint density at radius 1 is 0.256 bits per heavy atom. The zero-order chi connectivity index (χ0) is 60.1. The van der Waals surface area contributed by atoms with Crippen molar-refractivity contribution < 1.29 is 13.2 Å². The first-order chi connectivity index (χ1) is 41.7. The number of hydrogen-bond acceptors (Lipinski definition) is 10. The van der Waals surface area contributed by atoms with Gasteiger partial charge in [0.05, 0.1) is 149 Å². The quantitative estimate of drug-likeness (QED) is 0.146. The summed E-state index contributed by atoms with van der Waals surface area (Å²) >= 11 is 0. The Hall–Kier alpha value is -13.5. The van der Waals surface area contributed by atoms with Crippen LogP contribution in [0.2, 0.25) is 0 Å². The molecule has 394 valence electrons. The van der Waals surface area contributed by atoms with E-state index in [4.69, 9.17) is 0 Å². The summed E-state index contributed by atoms with van der Waals surface area (Å²) in [5.41, 5.74) is 7.86. The largest absolute Gasteiger partial charge is 0.416 e. The molecule has 15 heteroatoms. The number of alkyl halides is 3. The van der Waals surface area contributed by atoms with Crippen LogP contribution in [0.4, 0.5) is 13.2 Å². The van der Waals surface area contributed by atoms with Gasteiger partial charge in [0.1, 0.15) is 6.07 Å². The summed E-state index contributed by atoms with van der Waals surface area (Å²) in [5, 5.41) is 104. The third-order valence-electron chi connectivity index (χ3n) is 15.0. The number of fused-ring (bicyclic) bond motifs is 6. The molecule has 0 aliphatic heterocycles. The Bertz CT molecular complexity index is 5100. The molecule has 0 atom stereocenters. The highest BCUT2D eigenvalue weighted by atomic mass is 19.4. The lowest BCUT2D eigenvalue weighted by atomic mass is 9.95. The summed E-state index contributed by atoms with van der Waals surface area (Å²) < 4.78 is 48.9. The molecule has 0 bridgehead atoms. The smallest absolute Gasteiger partial charge is 0.309 e. The minimum atomic E-state index is -4.91. The summed E-state index contributed by atoms with van der Waals surface area (Å²) in [7, 11) is 0. The van der Waals surface area contributed by atoms with E-state index >= 15 is 13.2 Å². The lowest BCUT2D eigenvalue weighted by molar-refractivity contribution is -0.137. The van der Waals surface area contributed by atoms with Crippen molar-refractivity contribution in [2.24, 2.45) is 0 Å². The molecule has 12 aromatic rings. The van der Waals surface area contributed by atoms with Gasteiger partial charge in [-0.05, 0) is 202 Å². The summed E-state index contributed by atoms with van der Waals surface area (Å²) in [6.45, 7) is 0. The molecule has 0 aliphatic rings. The molecule has 2 aromatic heterocycles. The lowest BCUT2D eigenvalue weighted by Gasteiger charge is -2.20. The molecule has 0 aliphatic carbocycles. The first-order valence-electron chi connectivity index (χ1n) is 25.9. The van der Waals surface area contributed by atoms with Crippen molar-refractivity contribution in [1.82, 2.24) is 9.13 Å². The van der Waals surface area contributed by atoms with Crippen LogP contribution in [0.3, 0.4) is 0 Å². The second kappa shape index (κ2) is 20.9. The average Bonchev–Trinajstić information content (AvgIpc) is 1.67. The second-order valence-corrected chi connectivity index (χ2v) is 20.1. The molecule has 0 saturated heterocycles. The second-order valence-electron chi connectivity index (χ2n) is 20.1. The topological polar surface area (TPSA) is 248 Å². The van der Waals surface area contributed by atoms with Gasteiger partial charge in [-0.2, -0.15) is 65.8 Å². The van der Waals surface area contributed by atoms with Gasteiger partial charge in [-0.1, -0.05) is 24.3 Å². The van der Waals surface area contributed by atoms with Gasteiger partial charge in [-0.25, -0.2) is 0 Å². The van der Waals surface area contributed by atoms with Crippen molar-refractivity contribution in [2.75, 3.05) is 0 Å². The Morgan fingerprint density at radius 3 is 0.814 bits per heavy atom. The molecule has 0 N–H and O–H groups in total. The third-order valence-corrected chi connectivity index (χ3v) is 15.0. The Balaban J connectivity index is 1.19. The SMILES string of the molecule is N#Cc1cc(C#N)cc(-c2ccc3c(c2)c2cc(-c4cc(C#N)cc(C#N)c4)ccc2n3-c2cc(-c3cc(C#N)cc(C(F)(F)F)c3)c(-n3c4ccc(-c5cc(C#N)cc(C#N)c5)cc4c4cc(-c5cc(C#N)cc(C#N)c5)ccc43)cc2C#N)c1. The molecule has 0 radical (unpaired) electrons. The van der Waals surface area contributed by atoms with Crippen molar-refractivity contribution in [3.05, 3.63) is 237 Å². The molecule has 0 amide bonds. The monoisotopic (exact) mass is 1110 g/mol. The fraction of sp³-hybridized carbons (Fsp3) is 0.0141. The highest BCUT2D eigenvalue weighted by Crippen LogP contribution is 2.45. The molecular formula is C71H29F3N12. The van der Waals surface area contributed by atoms with Crippen LogP contribution in [-0.4, -0.2) is 9.13 Å². The van der Waals surface area contributed by atoms with Crippen molar-refractivity contribution in [3.63, 3.8) is 0 Å². The van der Waals surface area contributed by atoms with E-state index in [0.29, 0.717) is 88.1 Å². The van der Waals surface area contributed by atoms with E-state index in [0.717, 1.165) is 12.1 Å². The van der Waals surface area contributed by atoms with E-state index in [1.54, 1.807) is 109 Å². The minimum absolute atomic E-state index is 0.0308. The molecule has 0 spiro atoms. The number of aromatic nitrogens is 2. The van der Waals surface area contributed by atoms with Crippen molar-refractivity contribution in [3.8, 4) is 128 Å². The van der Waals surface area contributed by atoms with E-state index in [-0.39, 0.29) is 78.1 Å². The van der Waals surface area contributed by atoms with E-state index in [1.807, 2.05) is 39.5 Å². The predicted octanol–water partition coefficient (Wildman–Crippen LogP) is 16.0. The summed E-state index contributed by atoms with van der Waals surface area (Å²) in [6, 6.07) is 68.2. The van der Waals surface area contributed by atoms with Gasteiger partial charge in [0.15, 0.2) is 0 Å². The average molecular weight is 1110 g/mol. The van der Waals surface area contributed by atoms with Crippen LogP contribution in [-0.2, 0) is 6.18 Å². The highest BCUT2D eigenvalue weighted by Gasteiger charge is 2.32. The van der Waals surface area contributed by atoms with Gasteiger partial charge in [-0.15, -0.1) is 0 Å². The molecule has 2 heterocycles. The van der Waals surface area contributed by atoms with Crippen molar-refractivity contribution in [2.45, 2.75) is 6.18 Å². The summed E-state index contributed by atoms with van der Waals surface area (Å²) in [5.74, 6) is 0. The molecule has 12 rings (SSSR count). The van der Waals surface area contributed by atoms with Gasteiger partial charge in [-0.3, -0.25) is 0 Å². The van der Waals surface area contributed by atoms with E-state index in [9.17, 15) is 52.6 Å². The van der Waals surface area contributed by atoms with E-state index < -0.39 is 11.7 Å². The fourth-order valence-electron chi connectivity index (χ4n) is 11.3. The molecule has 10 aromatic carbocycles. The van der Waals surface area contributed by atoms with Crippen LogP contribution in [0, 0.1) is 113 Å². The van der Waals surface area contributed by atoms with Gasteiger partial charge >= 0.3 is 6.18 Å². The minimum Gasteiger partial charge on any atom is -0.309 e. The molecule has 0 unspecified atom stereocenters. The Morgan fingerprint density at radius 2 is 0.535 bits per heavy atom. The van der Waals surface area contributed by atoms with Gasteiger partial charge in [0.2, 0.25) is 0 Å². The summed E-state index contributed by atoms with van der Waals surface area (Å²) in [4.78, 5) is 0. The number of nitrogens with zero attached hydrogens (tertiary/aromatic N) is 12. The third kappa shape index (κ3) is 9.19. The van der Waals surface area contributed by atoms with Gasteiger partial charge in [0, 0.05) is 27.1 Å². The van der Waals surface area contributed by atoms with Crippen LogP contribution < -0.4 is 0 Å². The number of nitriles is 10. The Kier molecular flexibility index (Phi) is 12.9. The molecular weight excluding hydrogens is 1080 g/mol. The van der Waals surface area contributed by atoms with E-state index in [1.165, 1.54) is 30.3 Å². The normalized spacial score (nSPS) is 10.8. The van der Waals surface area contributed by atoms with Crippen LogP contribution in [0.5, 0.6) is 0 Å². The number of hydrogen-bond donors (Lipinski definition) is 0. The molecule has 86 heavy (non-hydrogen) atoms. The Labute approximate surface area is 487 Å². The van der Waals surface area contributed by atoms with Crippen molar-refractivity contribution >= 4 is 43.6 Å². The van der Waals surface area contributed by atoms with Crippen LogP contribution in [0.25, 0.3) is 111 Å². The van der Waals surface area contributed by atoms with Gasteiger partial charge in [0.25, 0.3) is 0 Å². The van der Waals surface area contributed by atoms with Crippen molar-refractivity contribution in [1.29, 1.82) is 52.6 Å². The van der Waals surface area contributed by atoms with Crippen LogP contribution in [0.1, 0.15) is 61.2 Å². The summed E-state index contributed by atoms with van der Waals surface area (Å²) in [6.07, 6.45) is -4.91. The molecule has 0 saturated carbocycles. The number of rotatable bonds is 7. The maximum absolute atomic E-state index is 15.1. The maximum atomic E-state index is 15.1. The zero-order valence-electron chi connectivity index (χ0n) is 44.2. The standard InChI is InChI=1S/C71H29F3N12/c72-71(73,74)59-22-48(38-83)21-57(23-59)60-29-69(85-65-5-1-49(53-13-40(30-75)9-41(14-53)31-76)24-61(65)62-25-50(2-6-66(62)85)54-15-42(32-77)10-43(16-54)33-78)58(39-84)28-70(60)86-67-7-3-51(55-17-44(34-79)11-45(18-55)35-80)26-63(67)64-27-52(4-8-68(64)86)56-19-46(36-81)12-47(20-56)37-82/h1-29H. The molecule has 0 fully saturated rings. The lowest BCUT2D eigenvalue weighted by Crippen LogP contribution is -2.07. The first kappa shape index (κ1) is 53.1. The van der Waals surface area contributed by atoms with Gasteiger partial charge < -0.3 is 9.13 Å². The fourth-order valence-corrected chi connectivity index (χ4v) is 11.3. The maximum Gasteiger partial charge on any atom is 0.416 e. The first-order valence-corrected chi connectivity index (χ1v) is 25.9. The predicted molar refractivity (Wildman–Crippen MR) is 314 cm³/mol. The van der Waals surface area contributed by atoms with Crippen LogP contribution >= 0.6 is 0 Å². The number of benzene rings is 10.